The van der Waals surface area contributed by atoms with Gasteiger partial charge in [0.2, 0.25) is 0 Å². The van der Waals surface area contributed by atoms with Crippen molar-refractivity contribution in [2.45, 2.75) is 19.9 Å². The molecule has 0 aliphatic heterocycles. The maximum atomic E-state index is 4.64. The number of rotatable bonds is 8. The van der Waals surface area contributed by atoms with E-state index in [2.05, 4.69) is 82.6 Å². The van der Waals surface area contributed by atoms with Crippen LogP contribution < -0.4 is 16.0 Å². The van der Waals surface area contributed by atoms with Crippen molar-refractivity contribution in [1.82, 2.24) is 10.3 Å². The zero-order chi connectivity index (χ0) is 16.8. The normalized spacial score (nSPS) is 12.2. The molecule has 3 rings (SSSR count). The molecule has 3 aromatic rings. The van der Waals surface area contributed by atoms with Crippen LogP contribution in [0.1, 0.15) is 25.6 Å². The van der Waals surface area contributed by atoms with Crippen molar-refractivity contribution in [3.05, 3.63) is 53.5 Å². The van der Waals surface area contributed by atoms with Crippen molar-refractivity contribution in [3.8, 4) is 0 Å². The fourth-order valence-electron chi connectivity index (χ4n) is 2.72. The van der Waals surface area contributed by atoms with Gasteiger partial charge in [0, 0.05) is 35.6 Å². The predicted octanol–water partition coefficient (Wildman–Crippen LogP) is 4.49. The van der Waals surface area contributed by atoms with Gasteiger partial charge in [0.05, 0.1) is 5.69 Å². The Morgan fingerprint density at radius 2 is 1.83 bits per heavy atom. The summed E-state index contributed by atoms with van der Waals surface area (Å²) in [6, 6.07) is 15.1. The van der Waals surface area contributed by atoms with Crippen LogP contribution in [0, 0.1) is 0 Å². The van der Waals surface area contributed by atoms with E-state index in [1.54, 1.807) is 11.3 Å². The molecular formula is C19H24N4S. The summed E-state index contributed by atoms with van der Waals surface area (Å²) in [5.74, 6) is 0. The minimum Gasteiger partial charge on any atom is -0.383 e. The van der Waals surface area contributed by atoms with Gasteiger partial charge in [0.1, 0.15) is 0 Å². The van der Waals surface area contributed by atoms with Gasteiger partial charge in [-0.15, -0.1) is 11.3 Å². The third kappa shape index (κ3) is 4.04. The molecule has 1 atom stereocenters. The van der Waals surface area contributed by atoms with Crippen LogP contribution in [0.3, 0.4) is 0 Å². The van der Waals surface area contributed by atoms with E-state index in [-0.39, 0.29) is 0 Å². The Balaban J connectivity index is 1.52. The van der Waals surface area contributed by atoms with E-state index < -0.39 is 0 Å². The molecule has 24 heavy (non-hydrogen) atoms. The lowest BCUT2D eigenvalue weighted by Crippen LogP contribution is -2.18. The van der Waals surface area contributed by atoms with E-state index in [1.165, 1.54) is 16.5 Å². The van der Waals surface area contributed by atoms with Crippen LogP contribution in [0.4, 0.5) is 10.8 Å². The van der Waals surface area contributed by atoms with Crippen LogP contribution >= 0.6 is 11.3 Å². The second-order valence-electron chi connectivity index (χ2n) is 5.74. The number of hydrogen-bond donors (Lipinski definition) is 3. The van der Waals surface area contributed by atoms with Crippen molar-refractivity contribution in [2.75, 3.05) is 30.3 Å². The Bertz CT molecular complexity index is 778. The second kappa shape index (κ2) is 8.13. The molecule has 126 valence electrons. The number of benzene rings is 2. The second-order valence-corrected chi connectivity index (χ2v) is 6.60. The molecule has 0 radical (unpaired) electrons. The van der Waals surface area contributed by atoms with E-state index in [0.29, 0.717) is 6.04 Å². The molecule has 0 saturated carbocycles. The molecule has 0 aliphatic rings. The van der Waals surface area contributed by atoms with Gasteiger partial charge < -0.3 is 16.0 Å². The molecule has 2 aromatic carbocycles. The molecule has 1 heterocycles. The Labute approximate surface area is 147 Å². The standard InChI is InChI=1S/C19H24N4S/c1-3-20-14(2)18-13-24-19(23-18)22-12-11-21-17-10-6-8-15-7-4-5-9-16(15)17/h4-10,13-14,20-21H,3,11-12H2,1-2H3,(H,22,23). The number of anilines is 2. The molecule has 4 nitrogen and oxygen atoms in total. The van der Waals surface area contributed by atoms with Crippen LogP contribution in [0.15, 0.2) is 47.8 Å². The molecule has 0 spiro atoms. The van der Waals surface area contributed by atoms with Gasteiger partial charge in [0.25, 0.3) is 0 Å². The lowest BCUT2D eigenvalue weighted by atomic mass is 10.1. The summed E-state index contributed by atoms with van der Waals surface area (Å²) in [6.07, 6.45) is 0. The monoisotopic (exact) mass is 340 g/mol. The van der Waals surface area contributed by atoms with Crippen molar-refractivity contribution >= 4 is 32.9 Å². The third-order valence-electron chi connectivity index (χ3n) is 3.98. The summed E-state index contributed by atoms with van der Waals surface area (Å²) in [5, 5.41) is 15.9. The number of thiazole rings is 1. The highest BCUT2D eigenvalue weighted by Gasteiger charge is 2.08. The van der Waals surface area contributed by atoms with Gasteiger partial charge in [0.15, 0.2) is 5.13 Å². The van der Waals surface area contributed by atoms with Gasteiger partial charge in [-0.05, 0) is 24.9 Å². The maximum Gasteiger partial charge on any atom is 0.182 e. The van der Waals surface area contributed by atoms with Gasteiger partial charge in [-0.25, -0.2) is 4.98 Å². The lowest BCUT2D eigenvalue weighted by Gasteiger charge is -2.10. The number of hydrogen-bond acceptors (Lipinski definition) is 5. The number of aromatic nitrogens is 1. The molecule has 1 unspecified atom stereocenters. The van der Waals surface area contributed by atoms with Crippen molar-refractivity contribution < 1.29 is 0 Å². The molecule has 1 aromatic heterocycles. The van der Waals surface area contributed by atoms with Gasteiger partial charge >= 0.3 is 0 Å². The average molecular weight is 340 g/mol. The Morgan fingerprint density at radius 3 is 2.71 bits per heavy atom. The fraction of sp³-hybridized carbons (Fsp3) is 0.316. The Kier molecular flexibility index (Phi) is 5.67. The lowest BCUT2D eigenvalue weighted by molar-refractivity contribution is 0.586. The van der Waals surface area contributed by atoms with Crippen LogP contribution in [0.25, 0.3) is 10.8 Å². The number of nitrogens with one attached hydrogen (secondary N) is 3. The molecule has 0 saturated heterocycles. The molecule has 0 amide bonds. The SMILES string of the molecule is CCNC(C)c1csc(NCCNc2cccc3ccccc23)n1. The first-order valence-corrected chi connectivity index (χ1v) is 9.30. The maximum absolute atomic E-state index is 4.64. The Hall–Kier alpha value is -2.11. The van der Waals surface area contributed by atoms with Crippen LogP contribution in [0.5, 0.6) is 0 Å². The van der Waals surface area contributed by atoms with Gasteiger partial charge in [-0.2, -0.15) is 0 Å². The molecule has 5 heteroatoms. The molecule has 0 fully saturated rings. The smallest absolute Gasteiger partial charge is 0.182 e. The summed E-state index contributed by atoms with van der Waals surface area (Å²) in [6.45, 7) is 6.90. The number of nitrogens with zero attached hydrogens (tertiary/aromatic N) is 1. The van der Waals surface area contributed by atoms with E-state index in [0.717, 1.165) is 30.5 Å². The van der Waals surface area contributed by atoms with Gasteiger partial charge in [-0.3, -0.25) is 0 Å². The molecular weight excluding hydrogens is 316 g/mol. The third-order valence-corrected chi connectivity index (χ3v) is 4.80. The van der Waals surface area contributed by atoms with Crippen LogP contribution in [0.2, 0.25) is 0 Å². The zero-order valence-corrected chi connectivity index (χ0v) is 15.0. The van der Waals surface area contributed by atoms with Gasteiger partial charge in [-0.1, -0.05) is 43.3 Å². The minimum absolute atomic E-state index is 0.301. The molecule has 3 N–H and O–H groups in total. The highest BCUT2D eigenvalue weighted by molar-refractivity contribution is 7.13. The summed E-state index contributed by atoms with van der Waals surface area (Å²) in [7, 11) is 0. The van der Waals surface area contributed by atoms with Crippen molar-refractivity contribution in [3.63, 3.8) is 0 Å². The quantitative estimate of drug-likeness (QED) is 0.529. The summed E-state index contributed by atoms with van der Waals surface area (Å²) in [4.78, 5) is 4.64. The zero-order valence-electron chi connectivity index (χ0n) is 14.2. The Morgan fingerprint density at radius 1 is 1.04 bits per heavy atom. The first-order valence-electron chi connectivity index (χ1n) is 8.42. The van der Waals surface area contributed by atoms with E-state index in [1.807, 2.05) is 0 Å². The van der Waals surface area contributed by atoms with Crippen molar-refractivity contribution in [1.29, 1.82) is 0 Å². The highest BCUT2D eigenvalue weighted by atomic mass is 32.1. The molecule has 0 aliphatic carbocycles. The van der Waals surface area contributed by atoms with E-state index in [4.69, 9.17) is 0 Å². The topological polar surface area (TPSA) is 49.0 Å². The summed E-state index contributed by atoms with van der Waals surface area (Å²) in [5.41, 5.74) is 2.28. The minimum atomic E-state index is 0.301. The summed E-state index contributed by atoms with van der Waals surface area (Å²) < 4.78 is 0. The van der Waals surface area contributed by atoms with E-state index >= 15 is 0 Å². The fourth-order valence-corrected chi connectivity index (χ4v) is 3.56. The van der Waals surface area contributed by atoms with Crippen molar-refractivity contribution in [2.24, 2.45) is 0 Å². The largest absolute Gasteiger partial charge is 0.383 e. The molecule has 0 bridgehead atoms. The predicted molar refractivity (Wildman–Crippen MR) is 105 cm³/mol. The first-order chi connectivity index (χ1) is 11.8. The highest BCUT2D eigenvalue weighted by Crippen LogP contribution is 2.23. The summed E-state index contributed by atoms with van der Waals surface area (Å²) >= 11 is 1.66. The first kappa shape index (κ1) is 16.7. The average Bonchev–Trinajstić information content (AvgIpc) is 3.08. The van der Waals surface area contributed by atoms with Crippen LogP contribution in [-0.4, -0.2) is 24.6 Å². The van der Waals surface area contributed by atoms with E-state index in [9.17, 15) is 0 Å². The number of fused-ring (bicyclic) bond motifs is 1. The van der Waals surface area contributed by atoms with Crippen LogP contribution in [-0.2, 0) is 0 Å².